The van der Waals surface area contributed by atoms with Crippen LogP contribution in [0.25, 0.3) is 0 Å². The first kappa shape index (κ1) is 15.4. The summed E-state index contributed by atoms with van der Waals surface area (Å²) < 4.78 is 6.23. The first-order valence-corrected chi connectivity index (χ1v) is 7.89. The average molecular weight is 405 g/mol. The number of benzene rings is 1. The third kappa shape index (κ3) is 2.47. The first-order chi connectivity index (χ1) is 11.9. The molecule has 0 spiro atoms. The van der Waals surface area contributed by atoms with Crippen molar-refractivity contribution in [2.24, 2.45) is 0 Å². The molecule has 9 nitrogen and oxygen atoms in total. The van der Waals surface area contributed by atoms with Gasteiger partial charge in [-0.25, -0.2) is 9.59 Å². The molecule has 2 aromatic heterocycles. The lowest BCUT2D eigenvalue weighted by molar-refractivity contribution is 0.405. The van der Waals surface area contributed by atoms with Gasteiger partial charge in [0.15, 0.2) is 0 Å². The topological polar surface area (TPSA) is 141 Å². The van der Waals surface area contributed by atoms with E-state index in [1.54, 1.807) is 24.3 Å². The standard InChI is InChI=1S/C15H9BrN4O5/c16-6-3-1-5(2-4-6)7-8-10(21)17-14(23)19-12(8)25-13-9(7)11(22)18-15(24)20-13/h1-4,7H,(H2,17,19,21,23)(H2,18,20,22,24). The van der Waals surface area contributed by atoms with E-state index in [4.69, 9.17) is 4.74 Å². The predicted molar refractivity (Wildman–Crippen MR) is 90.5 cm³/mol. The number of nitrogens with one attached hydrogen (secondary N) is 4. The molecular formula is C15H9BrN4O5. The highest BCUT2D eigenvalue weighted by atomic mass is 79.9. The van der Waals surface area contributed by atoms with Gasteiger partial charge in [0.25, 0.3) is 11.1 Å². The highest BCUT2D eigenvalue weighted by Gasteiger charge is 2.35. The van der Waals surface area contributed by atoms with Crippen molar-refractivity contribution >= 4 is 15.9 Å². The Kier molecular flexibility index (Phi) is 3.35. The van der Waals surface area contributed by atoms with Crippen molar-refractivity contribution in [3.8, 4) is 11.8 Å². The van der Waals surface area contributed by atoms with Gasteiger partial charge in [-0.1, -0.05) is 28.1 Å². The number of rotatable bonds is 1. The maximum atomic E-state index is 12.4. The normalized spacial score (nSPS) is 13.0. The van der Waals surface area contributed by atoms with E-state index < -0.39 is 28.4 Å². The van der Waals surface area contributed by atoms with Crippen LogP contribution in [-0.2, 0) is 0 Å². The SMILES string of the molecule is O=c1[nH]c2c(c(=O)[nH]1)C(c1ccc(Br)cc1)c1c([nH]c(=O)[nH]c1=O)O2. The zero-order valence-corrected chi connectivity index (χ0v) is 13.9. The fourth-order valence-electron chi connectivity index (χ4n) is 2.87. The van der Waals surface area contributed by atoms with Crippen LogP contribution in [0.15, 0.2) is 47.9 Å². The highest BCUT2D eigenvalue weighted by Crippen LogP contribution is 2.41. The highest BCUT2D eigenvalue weighted by molar-refractivity contribution is 9.10. The van der Waals surface area contributed by atoms with Crippen LogP contribution < -0.4 is 27.2 Å². The molecule has 0 unspecified atom stereocenters. The molecule has 0 radical (unpaired) electrons. The van der Waals surface area contributed by atoms with Crippen molar-refractivity contribution in [2.75, 3.05) is 0 Å². The summed E-state index contributed by atoms with van der Waals surface area (Å²) in [4.78, 5) is 56.9. The molecule has 10 heteroatoms. The third-order valence-electron chi connectivity index (χ3n) is 3.87. The maximum Gasteiger partial charge on any atom is 0.328 e. The van der Waals surface area contributed by atoms with Crippen molar-refractivity contribution < 1.29 is 4.74 Å². The summed E-state index contributed by atoms with van der Waals surface area (Å²) in [5.74, 6) is -1.06. The van der Waals surface area contributed by atoms with Gasteiger partial charge in [0.1, 0.15) is 0 Å². The Bertz CT molecular complexity index is 1150. The second-order valence-electron chi connectivity index (χ2n) is 5.39. The summed E-state index contributed by atoms with van der Waals surface area (Å²) in [5, 5.41) is 0. The minimum absolute atomic E-state index is 0.0759. The van der Waals surface area contributed by atoms with Gasteiger partial charge in [0.05, 0.1) is 17.0 Å². The van der Waals surface area contributed by atoms with Gasteiger partial charge in [-0.15, -0.1) is 0 Å². The Balaban J connectivity index is 2.11. The number of H-pyrrole nitrogens is 4. The molecule has 3 aromatic rings. The van der Waals surface area contributed by atoms with Crippen molar-refractivity contribution in [2.45, 2.75) is 5.92 Å². The number of ether oxygens (including phenoxy) is 1. The molecule has 1 aliphatic rings. The summed E-state index contributed by atoms with van der Waals surface area (Å²) in [5.41, 5.74) is -2.10. The van der Waals surface area contributed by atoms with Crippen LogP contribution in [0.4, 0.5) is 0 Å². The van der Waals surface area contributed by atoms with Crippen molar-refractivity contribution in [1.82, 2.24) is 19.9 Å². The third-order valence-corrected chi connectivity index (χ3v) is 4.40. The van der Waals surface area contributed by atoms with Gasteiger partial charge < -0.3 is 4.74 Å². The molecule has 0 aliphatic carbocycles. The first-order valence-electron chi connectivity index (χ1n) is 7.10. The van der Waals surface area contributed by atoms with Crippen molar-refractivity contribution in [3.63, 3.8) is 0 Å². The molecule has 1 aliphatic heterocycles. The molecule has 4 rings (SSSR count). The number of halogens is 1. The molecule has 1 aromatic carbocycles. The van der Waals surface area contributed by atoms with E-state index in [-0.39, 0.29) is 22.9 Å². The molecule has 4 N–H and O–H groups in total. The second kappa shape index (κ2) is 5.45. The second-order valence-corrected chi connectivity index (χ2v) is 6.30. The zero-order valence-electron chi connectivity index (χ0n) is 12.3. The van der Waals surface area contributed by atoms with E-state index in [0.29, 0.717) is 5.56 Å². The number of aromatic nitrogens is 4. The molecule has 25 heavy (non-hydrogen) atoms. The van der Waals surface area contributed by atoms with Crippen LogP contribution in [0.2, 0.25) is 0 Å². The molecule has 0 saturated carbocycles. The van der Waals surface area contributed by atoms with E-state index in [1.807, 2.05) is 0 Å². The molecule has 0 bridgehead atoms. The summed E-state index contributed by atoms with van der Waals surface area (Å²) in [7, 11) is 0. The number of hydrogen-bond acceptors (Lipinski definition) is 5. The van der Waals surface area contributed by atoms with Crippen molar-refractivity contribution in [3.05, 3.63) is 87.1 Å². The Morgan fingerprint density at radius 3 is 1.72 bits per heavy atom. The summed E-state index contributed by atoms with van der Waals surface area (Å²) in [6.07, 6.45) is 0. The molecule has 0 fully saturated rings. The zero-order chi connectivity index (χ0) is 17.7. The van der Waals surface area contributed by atoms with Crippen LogP contribution >= 0.6 is 15.9 Å². The smallest absolute Gasteiger partial charge is 0.328 e. The molecule has 3 heterocycles. The lowest BCUT2D eigenvalue weighted by Gasteiger charge is -2.25. The van der Waals surface area contributed by atoms with E-state index in [1.165, 1.54) is 0 Å². The fraction of sp³-hybridized carbons (Fsp3) is 0.0667. The lowest BCUT2D eigenvalue weighted by Crippen LogP contribution is -2.36. The van der Waals surface area contributed by atoms with E-state index in [9.17, 15) is 19.2 Å². The predicted octanol–water partition coefficient (Wildman–Crippen LogP) is 0.488. The van der Waals surface area contributed by atoms with Gasteiger partial charge in [-0.3, -0.25) is 29.5 Å². The van der Waals surface area contributed by atoms with Gasteiger partial charge in [0, 0.05) is 4.47 Å². The molecular weight excluding hydrogens is 396 g/mol. The Morgan fingerprint density at radius 1 is 0.760 bits per heavy atom. The number of fused-ring (bicyclic) bond motifs is 2. The average Bonchev–Trinajstić information content (AvgIpc) is 2.53. The number of aromatic amines is 4. The summed E-state index contributed by atoms with van der Waals surface area (Å²) in [6, 6.07) is 6.96. The maximum absolute atomic E-state index is 12.4. The monoisotopic (exact) mass is 404 g/mol. The van der Waals surface area contributed by atoms with E-state index >= 15 is 0 Å². The van der Waals surface area contributed by atoms with E-state index in [0.717, 1.165) is 4.47 Å². The summed E-state index contributed by atoms with van der Waals surface area (Å²) >= 11 is 3.33. The van der Waals surface area contributed by atoms with Crippen LogP contribution in [0, 0.1) is 0 Å². The Morgan fingerprint density at radius 2 is 1.24 bits per heavy atom. The minimum atomic E-state index is -0.826. The van der Waals surface area contributed by atoms with Gasteiger partial charge in [-0.2, -0.15) is 0 Å². The van der Waals surface area contributed by atoms with Crippen LogP contribution in [0.1, 0.15) is 22.6 Å². The van der Waals surface area contributed by atoms with Crippen LogP contribution in [0.3, 0.4) is 0 Å². The fourth-order valence-corrected chi connectivity index (χ4v) is 3.14. The molecule has 0 amide bonds. The largest absolute Gasteiger partial charge is 0.423 e. The number of hydrogen-bond donors (Lipinski definition) is 4. The van der Waals surface area contributed by atoms with Gasteiger partial charge in [0.2, 0.25) is 11.8 Å². The van der Waals surface area contributed by atoms with E-state index in [2.05, 4.69) is 35.9 Å². The van der Waals surface area contributed by atoms with Crippen molar-refractivity contribution in [1.29, 1.82) is 0 Å². The van der Waals surface area contributed by atoms with Gasteiger partial charge in [-0.05, 0) is 17.7 Å². The molecule has 126 valence electrons. The quantitative estimate of drug-likeness (QED) is 0.365. The summed E-state index contributed by atoms with van der Waals surface area (Å²) in [6.45, 7) is 0. The molecule has 0 atom stereocenters. The Labute approximate surface area is 145 Å². The van der Waals surface area contributed by atoms with Crippen LogP contribution in [0.5, 0.6) is 11.8 Å². The minimum Gasteiger partial charge on any atom is -0.423 e. The Hall–Kier alpha value is -3.14. The molecule has 0 saturated heterocycles. The van der Waals surface area contributed by atoms with Crippen LogP contribution in [-0.4, -0.2) is 19.9 Å². The lowest BCUT2D eigenvalue weighted by atomic mass is 9.86. The van der Waals surface area contributed by atoms with Gasteiger partial charge >= 0.3 is 11.4 Å².